The van der Waals surface area contributed by atoms with Crippen molar-refractivity contribution in [2.45, 2.75) is 19.8 Å². The Labute approximate surface area is 85.3 Å². The molecule has 0 bridgehead atoms. The number of carbonyl (C=O) groups excluding carboxylic acids is 1. The Bertz CT molecular complexity index is 177. The summed E-state index contributed by atoms with van der Waals surface area (Å²) in [4.78, 5) is 13.5. The minimum Gasteiger partial charge on any atom is -0.395 e. The van der Waals surface area contributed by atoms with Crippen LogP contribution in [0.2, 0.25) is 0 Å². The van der Waals surface area contributed by atoms with Crippen LogP contribution in [0.5, 0.6) is 0 Å². The Kier molecular flexibility index (Phi) is 4.90. The molecular formula is C10H20N2O2. The summed E-state index contributed by atoms with van der Waals surface area (Å²) >= 11 is 0. The molecule has 1 heterocycles. The molecule has 0 aromatic rings. The summed E-state index contributed by atoms with van der Waals surface area (Å²) in [6.07, 6.45) is 2.38. The number of hydrogen-bond acceptors (Lipinski definition) is 3. The maximum absolute atomic E-state index is 11.3. The first-order valence-corrected chi connectivity index (χ1v) is 5.32. The monoisotopic (exact) mass is 200 g/mol. The Morgan fingerprint density at radius 3 is 2.71 bits per heavy atom. The SMILES string of the molecule is CC1CCN(CC(=O)NCCO)CC1. The summed E-state index contributed by atoms with van der Waals surface area (Å²) in [7, 11) is 0. The predicted octanol–water partition coefficient (Wildman–Crippen LogP) is -0.173. The van der Waals surface area contributed by atoms with Crippen LogP contribution in [0.25, 0.3) is 0 Å². The molecule has 0 aliphatic carbocycles. The van der Waals surface area contributed by atoms with Gasteiger partial charge in [0.2, 0.25) is 5.91 Å². The molecule has 0 radical (unpaired) electrons. The molecular weight excluding hydrogens is 180 g/mol. The van der Waals surface area contributed by atoms with Gasteiger partial charge in [0.1, 0.15) is 0 Å². The van der Waals surface area contributed by atoms with Crippen LogP contribution in [-0.2, 0) is 4.79 Å². The molecule has 0 aromatic heterocycles. The lowest BCUT2D eigenvalue weighted by Crippen LogP contribution is -2.41. The summed E-state index contributed by atoms with van der Waals surface area (Å²) in [5, 5.41) is 11.2. The van der Waals surface area contributed by atoms with Gasteiger partial charge in [0, 0.05) is 6.54 Å². The number of aliphatic hydroxyl groups excluding tert-OH is 1. The molecule has 0 unspecified atom stereocenters. The van der Waals surface area contributed by atoms with Crippen LogP contribution in [0, 0.1) is 5.92 Å². The van der Waals surface area contributed by atoms with Gasteiger partial charge in [0.05, 0.1) is 13.2 Å². The lowest BCUT2D eigenvalue weighted by molar-refractivity contribution is -0.122. The first kappa shape index (κ1) is 11.5. The van der Waals surface area contributed by atoms with E-state index in [9.17, 15) is 4.79 Å². The Balaban J connectivity index is 2.14. The van der Waals surface area contributed by atoms with Gasteiger partial charge in [0.25, 0.3) is 0 Å². The van der Waals surface area contributed by atoms with Crippen LogP contribution in [-0.4, -0.2) is 48.7 Å². The smallest absolute Gasteiger partial charge is 0.234 e. The van der Waals surface area contributed by atoms with E-state index in [-0.39, 0.29) is 12.5 Å². The number of nitrogens with zero attached hydrogens (tertiary/aromatic N) is 1. The summed E-state index contributed by atoms with van der Waals surface area (Å²) in [6, 6.07) is 0. The first-order chi connectivity index (χ1) is 6.72. The van der Waals surface area contributed by atoms with Crippen molar-refractivity contribution in [3.8, 4) is 0 Å². The third kappa shape index (κ3) is 4.07. The zero-order chi connectivity index (χ0) is 10.4. The van der Waals surface area contributed by atoms with Gasteiger partial charge in [-0.05, 0) is 31.8 Å². The fourth-order valence-electron chi connectivity index (χ4n) is 1.67. The Morgan fingerprint density at radius 2 is 2.14 bits per heavy atom. The first-order valence-electron chi connectivity index (χ1n) is 5.32. The molecule has 1 fully saturated rings. The van der Waals surface area contributed by atoms with E-state index in [1.54, 1.807) is 0 Å². The topological polar surface area (TPSA) is 52.6 Å². The van der Waals surface area contributed by atoms with E-state index >= 15 is 0 Å². The number of piperidine rings is 1. The molecule has 4 nitrogen and oxygen atoms in total. The maximum atomic E-state index is 11.3. The molecule has 14 heavy (non-hydrogen) atoms. The highest BCUT2D eigenvalue weighted by molar-refractivity contribution is 5.77. The van der Waals surface area contributed by atoms with Crippen molar-refractivity contribution in [3.05, 3.63) is 0 Å². The Morgan fingerprint density at radius 1 is 1.50 bits per heavy atom. The van der Waals surface area contributed by atoms with E-state index in [2.05, 4.69) is 17.1 Å². The molecule has 82 valence electrons. The summed E-state index contributed by atoms with van der Waals surface area (Å²) in [5.74, 6) is 0.820. The number of hydrogen-bond donors (Lipinski definition) is 2. The zero-order valence-electron chi connectivity index (χ0n) is 8.83. The normalized spacial score (nSPS) is 19.6. The number of nitrogens with one attached hydrogen (secondary N) is 1. The van der Waals surface area contributed by atoms with Gasteiger partial charge in [-0.1, -0.05) is 6.92 Å². The molecule has 0 saturated carbocycles. The zero-order valence-corrected chi connectivity index (χ0v) is 8.83. The molecule has 2 N–H and O–H groups in total. The van der Waals surface area contributed by atoms with Crippen molar-refractivity contribution in [1.29, 1.82) is 0 Å². The molecule has 1 amide bonds. The standard InChI is InChI=1S/C10H20N2O2/c1-9-2-5-12(6-3-9)8-10(14)11-4-7-13/h9,13H,2-8H2,1H3,(H,11,14). The van der Waals surface area contributed by atoms with Gasteiger partial charge in [-0.2, -0.15) is 0 Å². The van der Waals surface area contributed by atoms with E-state index in [0.717, 1.165) is 19.0 Å². The van der Waals surface area contributed by atoms with E-state index in [1.165, 1.54) is 12.8 Å². The van der Waals surface area contributed by atoms with Crippen LogP contribution in [0.3, 0.4) is 0 Å². The molecule has 4 heteroatoms. The summed E-state index contributed by atoms with van der Waals surface area (Å²) in [6.45, 7) is 5.16. The van der Waals surface area contributed by atoms with E-state index in [4.69, 9.17) is 5.11 Å². The van der Waals surface area contributed by atoms with Gasteiger partial charge in [-0.15, -0.1) is 0 Å². The van der Waals surface area contributed by atoms with Crippen LogP contribution in [0.1, 0.15) is 19.8 Å². The average molecular weight is 200 g/mol. The van der Waals surface area contributed by atoms with E-state index in [1.807, 2.05) is 0 Å². The minimum atomic E-state index is 0.0166. The van der Waals surface area contributed by atoms with Crippen LogP contribution in [0.15, 0.2) is 0 Å². The molecule has 1 rings (SSSR count). The molecule has 0 spiro atoms. The van der Waals surface area contributed by atoms with Crippen molar-refractivity contribution in [3.63, 3.8) is 0 Å². The number of rotatable bonds is 4. The third-order valence-electron chi connectivity index (χ3n) is 2.68. The van der Waals surface area contributed by atoms with Crippen LogP contribution < -0.4 is 5.32 Å². The maximum Gasteiger partial charge on any atom is 0.234 e. The quantitative estimate of drug-likeness (QED) is 0.662. The number of carbonyl (C=O) groups is 1. The molecule has 1 aliphatic rings. The van der Waals surface area contributed by atoms with Gasteiger partial charge in [0.15, 0.2) is 0 Å². The highest BCUT2D eigenvalue weighted by atomic mass is 16.3. The van der Waals surface area contributed by atoms with Gasteiger partial charge >= 0.3 is 0 Å². The summed E-state index contributed by atoms with van der Waals surface area (Å²) in [5.41, 5.74) is 0. The molecule has 1 aliphatic heterocycles. The van der Waals surface area contributed by atoms with Crippen LogP contribution >= 0.6 is 0 Å². The molecule has 0 atom stereocenters. The average Bonchev–Trinajstić information content (AvgIpc) is 2.18. The molecule has 1 saturated heterocycles. The third-order valence-corrected chi connectivity index (χ3v) is 2.68. The van der Waals surface area contributed by atoms with Crippen molar-refractivity contribution in [2.75, 3.05) is 32.8 Å². The largest absolute Gasteiger partial charge is 0.395 e. The van der Waals surface area contributed by atoms with E-state index < -0.39 is 0 Å². The van der Waals surface area contributed by atoms with Gasteiger partial charge in [-0.25, -0.2) is 0 Å². The highest BCUT2D eigenvalue weighted by Gasteiger charge is 2.17. The van der Waals surface area contributed by atoms with E-state index in [0.29, 0.717) is 13.1 Å². The van der Waals surface area contributed by atoms with Gasteiger partial charge in [-0.3, -0.25) is 9.69 Å². The lowest BCUT2D eigenvalue weighted by Gasteiger charge is -2.29. The fourth-order valence-corrected chi connectivity index (χ4v) is 1.67. The number of likely N-dealkylation sites (tertiary alicyclic amines) is 1. The number of aliphatic hydroxyl groups is 1. The van der Waals surface area contributed by atoms with Crippen LogP contribution in [0.4, 0.5) is 0 Å². The highest BCUT2D eigenvalue weighted by Crippen LogP contribution is 2.15. The van der Waals surface area contributed by atoms with Crippen molar-refractivity contribution >= 4 is 5.91 Å². The van der Waals surface area contributed by atoms with Crippen molar-refractivity contribution in [2.24, 2.45) is 5.92 Å². The fraction of sp³-hybridized carbons (Fsp3) is 0.900. The second-order valence-corrected chi connectivity index (χ2v) is 4.03. The summed E-state index contributed by atoms with van der Waals surface area (Å²) < 4.78 is 0. The van der Waals surface area contributed by atoms with Gasteiger partial charge < -0.3 is 10.4 Å². The minimum absolute atomic E-state index is 0.0166. The Hall–Kier alpha value is -0.610. The van der Waals surface area contributed by atoms with Crippen molar-refractivity contribution in [1.82, 2.24) is 10.2 Å². The molecule has 0 aromatic carbocycles. The second-order valence-electron chi connectivity index (χ2n) is 4.03. The predicted molar refractivity (Wildman–Crippen MR) is 54.9 cm³/mol. The second kappa shape index (κ2) is 5.98. The lowest BCUT2D eigenvalue weighted by atomic mass is 9.99. The number of amides is 1. The van der Waals surface area contributed by atoms with Crippen molar-refractivity contribution < 1.29 is 9.90 Å².